The standard InChI is InChI=1S/C12H23NO2/c14-9-4-7-13(8-10-15)11-12-5-2-1-3-6-12/h1-2,12,14-15H,3-11H2. The van der Waals surface area contributed by atoms with Crippen molar-refractivity contribution in [2.75, 3.05) is 32.8 Å². The summed E-state index contributed by atoms with van der Waals surface area (Å²) in [5.41, 5.74) is 0. The van der Waals surface area contributed by atoms with E-state index in [1.54, 1.807) is 0 Å². The molecule has 3 nitrogen and oxygen atoms in total. The lowest BCUT2D eigenvalue weighted by Gasteiger charge is -2.27. The van der Waals surface area contributed by atoms with Crippen molar-refractivity contribution in [2.45, 2.75) is 25.7 Å². The summed E-state index contributed by atoms with van der Waals surface area (Å²) >= 11 is 0. The van der Waals surface area contributed by atoms with Gasteiger partial charge in [-0.15, -0.1) is 0 Å². The molecule has 0 radical (unpaired) electrons. The van der Waals surface area contributed by atoms with Gasteiger partial charge in [-0.05, 0) is 31.6 Å². The highest BCUT2D eigenvalue weighted by atomic mass is 16.3. The summed E-state index contributed by atoms with van der Waals surface area (Å²) in [7, 11) is 0. The summed E-state index contributed by atoms with van der Waals surface area (Å²) < 4.78 is 0. The van der Waals surface area contributed by atoms with E-state index in [9.17, 15) is 0 Å². The normalized spacial score (nSPS) is 21.1. The van der Waals surface area contributed by atoms with Gasteiger partial charge in [-0.1, -0.05) is 12.2 Å². The molecule has 0 aromatic rings. The number of aliphatic hydroxyl groups excluding tert-OH is 2. The molecular formula is C12H23NO2. The molecule has 0 saturated heterocycles. The third-order valence-electron chi connectivity index (χ3n) is 2.94. The molecule has 88 valence electrons. The van der Waals surface area contributed by atoms with E-state index in [1.807, 2.05) is 0 Å². The summed E-state index contributed by atoms with van der Waals surface area (Å²) in [6.07, 6.45) is 8.94. The zero-order valence-electron chi connectivity index (χ0n) is 9.44. The zero-order chi connectivity index (χ0) is 10.9. The van der Waals surface area contributed by atoms with E-state index in [2.05, 4.69) is 17.1 Å². The van der Waals surface area contributed by atoms with Crippen molar-refractivity contribution in [3.8, 4) is 0 Å². The van der Waals surface area contributed by atoms with E-state index in [1.165, 1.54) is 19.3 Å². The third kappa shape index (κ3) is 5.30. The Morgan fingerprint density at radius 1 is 1.13 bits per heavy atom. The Kier molecular flexibility index (Phi) is 6.64. The fourth-order valence-corrected chi connectivity index (χ4v) is 2.12. The van der Waals surface area contributed by atoms with Crippen LogP contribution in [0.3, 0.4) is 0 Å². The average molecular weight is 213 g/mol. The molecule has 0 aromatic carbocycles. The van der Waals surface area contributed by atoms with Crippen molar-refractivity contribution in [3.63, 3.8) is 0 Å². The molecule has 0 heterocycles. The van der Waals surface area contributed by atoms with Crippen LogP contribution in [0.25, 0.3) is 0 Å². The van der Waals surface area contributed by atoms with Crippen LogP contribution in [-0.4, -0.2) is 48.0 Å². The van der Waals surface area contributed by atoms with Crippen LogP contribution in [0, 0.1) is 5.92 Å². The minimum absolute atomic E-state index is 0.216. The van der Waals surface area contributed by atoms with E-state index in [-0.39, 0.29) is 13.2 Å². The number of nitrogens with zero attached hydrogens (tertiary/aromatic N) is 1. The van der Waals surface area contributed by atoms with Crippen LogP contribution in [0.4, 0.5) is 0 Å². The summed E-state index contributed by atoms with van der Waals surface area (Å²) in [4.78, 5) is 2.26. The molecular weight excluding hydrogens is 190 g/mol. The maximum absolute atomic E-state index is 8.95. The van der Waals surface area contributed by atoms with E-state index < -0.39 is 0 Å². The fourth-order valence-electron chi connectivity index (χ4n) is 2.12. The first kappa shape index (κ1) is 12.7. The highest BCUT2D eigenvalue weighted by Crippen LogP contribution is 2.19. The minimum Gasteiger partial charge on any atom is -0.396 e. The highest BCUT2D eigenvalue weighted by Gasteiger charge is 2.14. The summed E-state index contributed by atoms with van der Waals surface area (Å²) in [6.45, 7) is 3.16. The number of hydrogen-bond donors (Lipinski definition) is 2. The van der Waals surface area contributed by atoms with Crippen molar-refractivity contribution < 1.29 is 10.2 Å². The molecule has 0 fully saturated rings. The van der Waals surface area contributed by atoms with Crippen molar-refractivity contribution in [1.82, 2.24) is 4.90 Å². The maximum atomic E-state index is 8.95. The van der Waals surface area contributed by atoms with E-state index in [4.69, 9.17) is 10.2 Å². The largest absolute Gasteiger partial charge is 0.396 e. The van der Waals surface area contributed by atoms with Crippen LogP contribution >= 0.6 is 0 Å². The first-order valence-electron chi connectivity index (χ1n) is 5.96. The first-order chi connectivity index (χ1) is 7.36. The van der Waals surface area contributed by atoms with Crippen LogP contribution < -0.4 is 0 Å². The Hall–Kier alpha value is -0.380. The molecule has 1 aliphatic carbocycles. The van der Waals surface area contributed by atoms with Crippen molar-refractivity contribution >= 4 is 0 Å². The summed E-state index contributed by atoms with van der Waals surface area (Å²) in [6, 6.07) is 0. The lowest BCUT2D eigenvalue weighted by Crippen LogP contribution is -2.33. The monoisotopic (exact) mass is 213 g/mol. The molecule has 0 amide bonds. The minimum atomic E-state index is 0.216. The number of allylic oxidation sites excluding steroid dienone is 2. The van der Waals surface area contributed by atoms with Gasteiger partial charge in [0.2, 0.25) is 0 Å². The Balaban J connectivity index is 2.25. The quantitative estimate of drug-likeness (QED) is 0.621. The maximum Gasteiger partial charge on any atom is 0.0558 e. The van der Waals surface area contributed by atoms with Gasteiger partial charge in [0.25, 0.3) is 0 Å². The van der Waals surface area contributed by atoms with Crippen LogP contribution in [0.2, 0.25) is 0 Å². The van der Waals surface area contributed by atoms with Gasteiger partial charge >= 0.3 is 0 Å². The summed E-state index contributed by atoms with van der Waals surface area (Å²) in [5, 5.41) is 17.7. The van der Waals surface area contributed by atoms with Gasteiger partial charge in [0, 0.05) is 26.2 Å². The molecule has 15 heavy (non-hydrogen) atoms. The molecule has 0 aliphatic heterocycles. The second kappa shape index (κ2) is 7.85. The molecule has 1 unspecified atom stereocenters. The van der Waals surface area contributed by atoms with Gasteiger partial charge in [0.1, 0.15) is 0 Å². The Morgan fingerprint density at radius 2 is 2.00 bits per heavy atom. The van der Waals surface area contributed by atoms with Crippen LogP contribution in [0.15, 0.2) is 12.2 Å². The molecule has 0 bridgehead atoms. The molecule has 3 heteroatoms. The van der Waals surface area contributed by atoms with Gasteiger partial charge < -0.3 is 15.1 Å². The number of aliphatic hydroxyl groups is 2. The molecule has 1 rings (SSSR count). The summed E-state index contributed by atoms with van der Waals surface area (Å²) in [5.74, 6) is 0.736. The van der Waals surface area contributed by atoms with Gasteiger partial charge in [-0.2, -0.15) is 0 Å². The van der Waals surface area contributed by atoms with Gasteiger partial charge in [0.15, 0.2) is 0 Å². The predicted octanol–water partition coefficient (Wildman–Crippen LogP) is 1.02. The Morgan fingerprint density at radius 3 is 2.60 bits per heavy atom. The highest BCUT2D eigenvalue weighted by molar-refractivity contribution is 4.90. The second-order valence-electron chi connectivity index (χ2n) is 4.25. The smallest absolute Gasteiger partial charge is 0.0558 e. The van der Waals surface area contributed by atoms with Crippen molar-refractivity contribution in [3.05, 3.63) is 12.2 Å². The second-order valence-corrected chi connectivity index (χ2v) is 4.25. The third-order valence-corrected chi connectivity index (χ3v) is 2.94. The predicted molar refractivity (Wildman–Crippen MR) is 61.7 cm³/mol. The fraction of sp³-hybridized carbons (Fsp3) is 0.833. The average Bonchev–Trinajstić information content (AvgIpc) is 2.28. The first-order valence-corrected chi connectivity index (χ1v) is 5.96. The molecule has 0 aromatic heterocycles. The van der Waals surface area contributed by atoms with E-state index in [0.717, 1.165) is 32.0 Å². The SMILES string of the molecule is OCCCN(CCO)CC1CC=CCC1. The van der Waals surface area contributed by atoms with Gasteiger partial charge in [0.05, 0.1) is 6.61 Å². The van der Waals surface area contributed by atoms with E-state index >= 15 is 0 Å². The Labute approximate surface area is 92.4 Å². The van der Waals surface area contributed by atoms with Gasteiger partial charge in [-0.25, -0.2) is 0 Å². The van der Waals surface area contributed by atoms with Crippen LogP contribution in [-0.2, 0) is 0 Å². The van der Waals surface area contributed by atoms with Crippen molar-refractivity contribution in [2.24, 2.45) is 5.92 Å². The lowest BCUT2D eigenvalue weighted by atomic mass is 9.94. The van der Waals surface area contributed by atoms with Gasteiger partial charge in [-0.3, -0.25) is 0 Å². The number of hydrogen-bond acceptors (Lipinski definition) is 3. The molecule has 1 aliphatic rings. The molecule has 1 atom stereocenters. The zero-order valence-corrected chi connectivity index (χ0v) is 9.44. The van der Waals surface area contributed by atoms with Crippen molar-refractivity contribution in [1.29, 1.82) is 0 Å². The van der Waals surface area contributed by atoms with E-state index in [0.29, 0.717) is 0 Å². The van der Waals surface area contributed by atoms with Crippen LogP contribution in [0.5, 0.6) is 0 Å². The Bertz CT molecular complexity index is 182. The number of rotatable bonds is 7. The van der Waals surface area contributed by atoms with Crippen LogP contribution in [0.1, 0.15) is 25.7 Å². The molecule has 0 spiro atoms. The lowest BCUT2D eigenvalue weighted by molar-refractivity contribution is 0.158. The molecule has 2 N–H and O–H groups in total. The topological polar surface area (TPSA) is 43.7 Å². The molecule has 0 saturated carbocycles.